The molecule has 94 valence electrons. The van der Waals surface area contributed by atoms with Crippen LogP contribution in [0.1, 0.15) is 12.0 Å². The zero-order valence-electron chi connectivity index (χ0n) is 10.7. The Morgan fingerprint density at radius 3 is 2.82 bits per heavy atom. The lowest BCUT2D eigenvalue weighted by atomic mass is 10.0. The van der Waals surface area contributed by atoms with Crippen molar-refractivity contribution in [3.05, 3.63) is 35.9 Å². The van der Waals surface area contributed by atoms with Crippen LogP contribution in [0.4, 0.5) is 0 Å². The standard InChI is InChI=1S/C14H22N2O/c1-15-13-8-9-17-11-14(13)16(2)10-12-6-4-3-5-7-12/h3-7,13-15H,8-11H2,1-2H3. The Morgan fingerprint density at radius 2 is 2.12 bits per heavy atom. The van der Waals surface area contributed by atoms with Gasteiger partial charge in [0.2, 0.25) is 0 Å². The average molecular weight is 234 g/mol. The number of nitrogens with one attached hydrogen (secondary N) is 1. The molecule has 2 unspecified atom stereocenters. The van der Waals surface area contributed by atoms with Crippen molar-refractivity contribution in [2.45, 2.75) is 25.0 Å². The fraction of sp³-hybridized carbons (Fsp3) is 0.571. The molecule has 2 atom stereocenters. The first-order chi connectivity index (χ1) is 8.31. The van der Waals surface area contributed by atoms with E-state index in [1.165, 1.54) is 5.56 Å². The largest absolute Gasteiger partial charge is 0.380 e. The molecule has 0 spiro atoms. The Kier molecular flexibility index (Phi) is 4.54. The van der Waals surface area contributed by atoms with E-state index in [2.05, 4.69) is 47.6 Å². The Bertz CT molecular complexity index is 328. The third-order valence-electron chi connectivity index (χ3n) is 3.54. The lowest BCUT2D eigenvalue weighted by Gasteiger charge is -2.37. The van der Waals surface area contributed by atoms with Gasteiger partial charge in [-0.1, -0.05) is 30.3 Å². The first-order valence-corrected chi connectivity index (χ1v) is 6.30. The number of likely N-dealkylation sites (N-methyl/N-ethyl adjacent to an activating group) is 2. The summed E-state index contributed by atoms with van der Waals surface area (Å²) in [5.74, 6) is 0. The highest BCUT2D eigenvalue weighted by Crippen LogP contribution is 2.15. The van der Waals surface area contributed by atoms with Crippen LogP contribution in [-0.4, -0.2) is 44.3 Å². The molecule has 1 fully saturated rings. The molecule has 1 heterocycles. The Morgan fingerprint density at radius 1 is 1.35 bits per heavy atom. The molecule has 1 saturated heterocycles. The zero-order chi connectivity index (χ0) is 12.1. The summed E-state index contributed by atoms with van der Waals surface area (Å²) in [7, 11) is 4.22. The summed E-state index contributed by atoms with van der Waals surface area (Å²) in [4.78, 5) is 2.38. The SMILES string of the molecule is CNC1CCOCC1N(C)Cc1ccccc1. The van der Waals surface area contributed by atoms with E-state index in [1.54, 1.807) is 0 Å². The molecule has 3 heteroatoms. The van der Waals surface area contributed by atoms with Gasteiger partial charge >= 0.3 is 0 Å². The normalized spacial score (nSPS) is 25.1. The fourth-order valence-corrected chi connectivity index (χ4v) is 2.48. The quantitative estimate of drug-likeness (QED) is 0.854. The van der Waals surface area contributed by atoms with Crippen LogP contribution in [-0.2, 0) is 11.3 Å². The molecule has 0 aromatic heterocycles. The third-order valence-corrected chi connectivity index (χ3v) is 3.54. The summed E-state index contributed by atoms with van der Waals surface area (Å²) in [6.45, 7) is 2.68. The van der Waals surface area contributed by atoms with Gasteiger partial charge < -0.3 is 10.1 Å². The first kappa shape index (κ1) is 12.6. The Balaban J connectivity index is 1.96. The van der Waals surface area contributed by atoms with Gasteiger partial charge in [-0.3, -0.25) is 4.90 Å². The van der Waals surface area contributed by atoms with E-state index in [-0.39, 0.29) is 0 Å². The predicted molar refractivity (Wildman–Crippen MR) is 70.0 cm³/mol. The van der Waals surface area contributed by atoms with Gasteiger partial charge in [0.25, 0.3) is 0 Å². The summed E-state index contributed by atoms with van der Waals surface area (Å²) < 4.78 is 5.59. The van der Waals surface area contributed by atoms with Crippen molar-refractivity contribution in [3.8, 4) is 0 Å². The van der Waals surface area contributed by atoms with Crippen LogP contribution < -0.4 is 5.32 Å². The van der Waals surface area contributed by atoms with E-state index < -0.39 is 0 Å². The van der Waals surface area contributed by atoms with Gasteiger partial charge in [-0.2, -0.15) is 0 Å². The van der Waals surface area contributed by atoms with Gasteiger partial charge in [-0.15, -0.1) is 0 Å². The highest BCUT2D eigenvalue weighted by atomic mass is 16.5. The van der Waals surface area contributed by atoms with Crippen LogP contribution in [0.25, 0.3) is 0 Å². The van der Waals surface area contributed by atoms with E-state index in [9.17, 15) is 0 Å². The van der Waals surface area contributed by atoms with Crippen molar-refractivity contribution in [1.29, 1.82) is 0 Å². The molecular formula is C14H22N2O. The number of nitrogens with zero attached hydrogens (tertiary/aromatic N) is 1. The molecule has 0 radical (unpaired) electrons. The summed E-state index contributed by atoms with van der Waals surface area (Å²) in [5, 5.41) is 3.40. The van der Waals surface area contributed by atoms with Crippen molar-refractivity contribution in [3.63, 3.8) is 0 Å². The molecule has 0 aliphatic carbocycles. The highest BCUT2D eigenvalue weighted by molar-refractivity contribution is 5.14. The maximum absolute atomic E-state index is 5.59. The number of rotatable bonds is 4. The van der Waals surface area contributed by atoms with Crippen LogP contribution in [0.3, 0.4) is 0 Å². The second-order valence-corrected chi connectivity index (χ2v) is 4.73. The fourth-order valence-electron chi connectivity index (χ4n) is 2.48. The minimum Gasteiger partial charge on any atom is -0.380 e. The molecule has 17 heavy (non-hydrogen) atoms. The zero-order valence-corrected chi connectivity index (χ0v) is 10.7. The molecule has 0 saturated carbocycles. The van der Waals surface area contributed by atoms with Crippen LogP contribution in [0.2, 0.25) is 0 Å². The number of hydrogen-bond donors (Lipinski definition) is 1. The van der Waals surface area contributed by atoms with Gasteiger partial charge in [-0.05, 0) is 26.1 Å². The smallest absolute Gasteiger partial charge is 0.0637 e. The highest BCUT2D eigenvalue weighted by Gasteiger charge is 2.27. The molecule has 0 amide bonds. The van der Waals surface area contributed by atoms with Crippen molar-refractivity contribution in [1.82, 2.24) is 10.2 Å². The van der Waals surface area contributed by atoms with E-state index in [0.717, 1.165) is 26.2 Å². The molecule has 3 nitrogen and oxygen atoms in total. The summed E-state index contributed by atoms with van der Waals surface area (Å²) >= 11 is 0. The molecule has 2 rings (SSSR count). The predicted octanol–water partition coefficient (Wildman–Crippen LogP) is 1.50. The van der Waals surface area contributed by atoms with Crippen molar-refractivity contribution >= 4 is 0 Å². The van der Waals surface area contributed by atoms with Crippen LogP contribution in [0.15, 0.2) is 30.3 Å². The molecule has 1 aromatic carbocycles. The van der Waals surface area contributed by atoms with Gasteiger partial charge in [0.05, 0.1) is 6.61 Å². The third kappa shape index (κ3) is 3.28. The average Bonchev–Trinajstić information content (AvgIpc) is 2.40. The van der Waals surface area contributed by atoms with Crippen molar-refractivity contribution in [2.75, 3.05) is 27.3 Å². The summed E-state index contributed by atoms with van der Waals surface area (Å²) in [6, 6.07) is 11.6. The molecule has 0 bridgehead atoms. The van der Waals surface area contributed by atoms with Gasteiger partial charge in [-0.25, -0.2) is 0 Å². The van der Waals surface area contributed by atoms with E-state index in [4.69, 9.17) is 4.74 Å². The Hall–Kier alpha value is -0.900. The Labute approximate surface area is 104 Å². The summed E-state index contributed by atoms with van der Waals surface area (Å²) in [5.41, 5.74) is 1.36. The molecular weight excluding hydrogens is 212 g/mol. The van der Waals surface area contributed by atoms with E-state index in [1.807, 2.05) is 7.05 Å². The lowest BCUT2D eigenvalue weighted by Crippen LogP contribution is -2.53. The van der Waals surface area contributed by atoms with E-state index in [0.29, 0.717) is 12.1 Å². The van der Waals surface area contributed by atoms with Crippen LogP contribution in [0.5, 0.6) is 0 Å². The van der Waals surface area contributed by atoms with Crippen LogP contribution >= 0.6 is 0 Å². The molecule has 1 N–H and O–H groups in total. The second-order valence-electron chi connectivity index (χ2n) is 4.73. The van der Waals surface area contributed by atoms with Crippen LogP contribution in [0, 0.1) is 0 Å². The number of hydrogen-bond acceptors (Lipinski definition) is 3. The molecule has 1 aromatic rings. The van der Waals surface area contributed by atoms with Gasteiger partial charge in [0.1, 0.15) is 0 Å². The topological polar surface area (TPSA) is 24.5 Å². The van der Waals surface area contributed by atoms with E-state index >= 15 is 0 Å². The maximum atomic E-state index is 5.59. The summed E-state index contributed by atoms with van der Waals surface area (Å²) in [6.07, 6.45) is 1.10. The molecule has 1 aliphatic rings. The first-order valence-electron chi connectivity index (χ1n) is 6.30. The lowest BCUT2D eigenvalue weighted by molar-refractivity contribution is 0.00523. The second kappa shape index (κ2) is 6.15. The van der Waals surface area contributed by atoms with Crippen molar-refractivity contribution in [2.24, 2.45) is 0 Å². The monoisotopic (exact) mass is 234 g/mol. The minimum absolute atomic E-state index is 0.467. The number of ether oxygens (including phenoxy) is 1. The van der Waals surface area contributed by atoms with Gasteiger partial charge in [0.15, 0.2) is 0 Å². The van der Waals surface area contributed by atoms with Crippen molar-refractivity contribution < 1.29 is 4.74 Å². The molecule has 1 aliphatic heterocycles. The maximum Gasteiger partial charge on any atom is 0.0637 e. The van der Waals surface area contributed by atoms with Gasteiger partial charge in [0, 0.05) is 25.2 Å². The minimum atomic E-state index is 0.467. The number of benzene rings is 1.